The van der Waals surface area contributed by atoms with Crippen LogP contribution >= 0.6 is 11.6 Å². The van der Waals surface area contributed by atoms with Crippen molar-refractivity contribution in [1.82, 2.24) is 10.7 Å². The molecule has 3 aromatic rings. The number of ether oxygens (including phenoxy) is 3. The van der Waals surface area contributed by atoms with Gasteiger partial charge in [0.1, 0.15) is 12.6 Å². The molecule has 0 unspecified atom stereocenters. The van der Waals surface area contributed by atoms with E-state index in [9.17, 15) is 9.59 Å². The van der Waals surface area contributed by atoms with Crippen LogP contribution in [0.1, 0.15) is 30.5 Å². The summed E-state index contributed by atoms with van der Waals surface area (Å²) in [5.74, 6) is 0.665. The lowest BCUT2D eigenvalue weighted by atomic mass is 10.1. The number of carbonyl (C=O) groups excluding carboxylic acids is 2. The summed E-state index contributed by atoms with van der Waals surface area (Å²) in [5.41, 5.74) is 5.05. The van der Waals surface area contributed by atoms with Gasteiger partial charge in [0.25, 0.3) is 5.91 Å². The van der Waals surface area contributed by atoms with Crippen molar-refractivity contribution in [2.75, 3.05) is 13.2 Å². The van der Waals surface area contributed by atoms with Crippen LogP contribution in [0.4, 0.5) is 4.79 Å². The van der Waals surface area contributed by atoms with Gasteiger partial charge in [0.15, 0.2) is 11.5 Å². The van der Waals surface area contributed by atoms with Crippen LogP contribution in [-0.4, -0.2) is 37.5 Å². The highest BCUT2D eigenvalue weighted by molar-refractivity contribution is 6.30. The summed E-state index contributed by atoms with van der Waals surface area (Å²) < 4.78 is 16.6. The highest BCUT2D eigenvalue weighted by Crippen LogP contribution is 2.29. The lowest BCUT2D eigenvalue weighted by Crippen LogP contribution is -2.47. The molecule has 0 saturated carbocycles. The van der Waals surface area contributed by atoms with Crippen molar-refractivity contribution in [3.05, 3.63) is 94.5 Å². The van der Waals surface area contributed by atoms with Crippen LogP contribution in [0, 0.1) is 0 Å². The molecule has 0 bridgehead atoms. The zero-order valence-electron chi connectivity index (χ0n) is 20.8. The third-order valence-corrected chi connectivity index (χ3v) is 5.38. The lowest BCUT2D eigenvalue weighted by molar-refractivity contribution is -0.123. The quantitative estimate of drug-likeness (QED) is 0.253. The molecule has 0 aromatic heterocycles. The maximum Gasteiger partial charge on any atom is 0.407 e. The lowest BCUT2D eigenvalue weighted by Gasteiger charge is -2.17. The Kier molecular flexibility index (Phi) is 10.8. The average Bonchev–Trinajstić information content (AvgIpc) is 2.89. The number of hydrogen-bond donors (Lipinski definition) is 2. The molecule has 0 radical (unpaired) electrons. The maximum absolute atomic E-state index is 12.8. The maximum atomic E-state index is 12.8. The zero-order chi connectivity index (χ0) is 26.5. The molecule has 0 heterocycles. The topological polar surface area (TPSA) is 98.2 Å². The van der Waals surface area contributed by atoms with Gasteiger partial charge in [0.2, 0.25) is 0 Å². The van der Waals surface area contributed by atoms with Gasteiger partial charge >= 0.3 is 6.09 Å². The molecule has 9 heteroatoms. The fourth-order valence-corrected chi connectivity index (χ4v) is 3.48. The molecule has 0 aliphatic heterocycles. The average molecular weight is 524 g/mol. The normalized spacial score (nSPS) is 11.5. The molecule has 3 aromatic carbocycles. The smallest absolute Gasteiger partial charge is 0.407 e. The molecule has 194 valence electrons. The fourth-order valence-electron chi connectivity index (χ4n) is 3.36. The van der Waals surface area contributed by atoms with Gasteiger partial charge in [0.05, 0.1) is 19.4 Å². The van der Waals surface area contributed by atoms with E-state index in [1.807, 2.05) is 61.5 Å². The Bertz CT molecular complexity index is 1190. The van der Waals surface area contributed by atoms with Crippen LogP contribution in [0.3, 0.4) is 0 Å². The molecule has 0 aliphatic rings. The van der Waals surface area contributed by atoms with E-state index < -0.39 is 18.0 Å². The first kappa shape index (κ1) is 27.5. The molecule has 1 atom stereocenters. The second-order valence-corrected chi connectivity index (χ2v) is 8.33. The Hall–Kier alpha value is -4.04. The van der Waals surface area contributed by atoms with E-state index in [2.05, 4.69) is 15.8 Å². The highest BCUT2D eigenvalue weighted by Gasteiger charge is 2.21. The Morgan fingerprint density at radius 1 is 0.919 bits per heavy atom. The molecule has 3 rings (SSSR count). The first-order chi connectivity index (χ1) is 18.0. The van der Waals surface area contributed by atoms with Crippen LogP contribution in [-0.2, 0) is 22.6 Å². The van der Waals surface area contributed by atoms with E-state index >= 15 is 0 Å². The number of halogens is 1. The van der Waals surface area contributed by atoms with Crippen LogP contribution < -0.4 is 20.2 Å². The minimum Gasteiger partial charge on any atom is -0.490 e. The van der Waals surface area contributed by atoms with Gasteiger partial charge in [-0.25, -0.2) is 10.2 Å². The van der Waals surface area contributed by atoms with Gasteiger partial charge in [-0.3, -0.25) is 4.79 Å². The van der Waals surface area contributed by atoms with Gasteiger partial charge in [0, 0.05) is 11.4 Å². The number of alkyl carbamates (subject to hydrolysis) is 1. The van der Waals surface area contributed by atoms with E-state index in [1.165, 1.54) is 6.21 Å². The van der Waals surface area contributed by atoms with Crippen molar-refractivity contribution in [1.29, 1.82) is 0 Å². The standard InChI is InChI=1S/C28H30ClN3O5/c1-3-35-26-17-22(12-15-25(26)37-19-21-10-13-23(29)14-11-21)18-30-32-27(33)24(31-28(34)36-4-2)16-20-8-6-5-7-9-20/h5-15,17-18,24H,3-4,16,19H2,1-2H3,(H,31,34)(H,32,33)/b30-18-/t24-/m1/s1. The molecule has 0 fully saturated rings. The number of hydrazone groups is 1. The van der Waals surface area contributed by atoms with Crippen LogP contribution in [0.2, 0.25) is 5.02 Å². The Balaban J connectivity index is 1.65. The third kappa shape index (κ3) is 9.16. The van der Waals surface area contributed by atoms with Gasteiger partial charge < -0.3 is 19.5 Å². The van der Waals surface area contributed by atoms with Crippen molar-refractivity contribution in [3.8, 4) is 11.5 Å². The number of nitrogens with zero attached hydrogens (tertiary/aromatic N) is 1. The molecule has 2 amide bonds. The Labute approximate surface area is 221 Å². The molecule has 0 aliphatic carbocycles. The predicted octanol–water partition coefficient (Wildman–Crippen LogP) is 5.13. The Morgan fingerprint density at radius 3 is 2.38 bits per heavy atom. The second kappa shape index (κ2) is 14.5. The number of amides is 2. The first-order valence-electron chi connectivity index (χ1n) is 11.9. The molecule has 0 spiro atoms. The summed E-state index contributed by atoms with van der Waals surface area (Å²) in [4.78, 5) is 24.7. The third-order valence-electron chi connectivity index (χ3n) is 5.13. The molecule has 37 heavy (non-hydrogen) atoms. The number of rotatable bonds is 12. The highest BCUT2D eigenvalue weighted by atomic mass is 35.5. The summed E-state index contributed by atoms with van der Waals surface area (Å²) in [7, 11) is 0. The van der Waals surface area contributed by atoms with Crippen molar-refractivity contribution < 1.29 is 23.8 Å². The van der Waals surface area contributed by atoms with E-state index in [4.69, 9.17) is 25.8 Å². The van der Waals surface area contributed by atoms with Crippen molar-refractivity contribution in [2.45, 2.75) is 32.9 Å². The van der Waals surface area contributed by atoms with Crippen LogP contribution in [0.25, 0.3) is 0 Å². The minimum atomic E-state index is -0.860. The summed E-state index contributed by atoms with van der Waals surface area (Å²) in [6.45, 7) is 4.59. The zero-order valence-corrected chi connectivity index (χ0v) is 21.5. The molecule has 8 nitrogen and oxygen atoms in total. The van der Waals surface area contributed by atoms with E-state index in [0.29, 0.717) is 35.3 Å². The summed E-state index contributed by atoms with van der Waals surface area (Å²) >= 11 is 5.94. The van der Waals surface area contributed by atoms with Gasteiger partial charge in [-0.05, 0) is 60.9 Å². The van der Waals surface area contributed by atoms with Crippen LogP contribution in [0.15, 0.2) is 77.9 Å². The Morgan fingerprint density at radius 2 is 1.68 bits per heavy atom. The summed E-state index contributed by atoms with van der Waals surface area (Å²) in [6, 6.07) is 21.3. The summed E-state index contributed by atoms with van der Waals surface area (Å²) in [6.07, 6.45) is 1.11. The summed E-state index contributed by atoms with van der Waals surface area (Å²) in [5, 5.41) is 7.32. The molecule has 2 N–H and O–H groups in total. The van der Waals surface area contributed by atoms with E-state index in [1.54, 1.807) is 25.1 Å². The van der Waals surface area contributed by atoms with Crippen molar-refractivity contribution in [3.63, 3.8) is 0 Å². The van der Waals surface area contributed by atoms with Crippen molar-refractivity contribution >= 4 is 29.8 Å². The minimum absolute atomic E-state index is 0.200. The number of benzene rings is 3. The van der Waals surface area contributed by atoms with Crippen LogP contribution in [0.5, 0.6) is 11.5 Å². The number of hydrogen-bond acceptors (Lipinski definition) is 6. The number of nitrogens with one attached hydrogen (secondary N) is 2. The molecular weight excluding hydrogens is 494 g/mol. The second-order valence-electron chi connectivity index (χ2n) is 7.90. The van der Waals surface area contributed by atoms with E-state index in [-0.39, 0.29) is 13.0 Å². The van der Waals surface area contributed by atoms with Crippen molar-refractivity contribution in [2.24, 2.45) is 5.10 Å². The SMILES string of the molecule is CCOC(=O)N[C@H](Cc1ccccc1)C(=O)N/N=C\c1ccc(OCc2ccc(Cl)cc2)c(OCC)c1. The van der Waals surface area contributed by atoms with Gasteiger partial charge in [-0.15, -0.1) is 0 Å². The van der Waals surface area contributed by atoms with Gasteiger partial charge in [-0.1, -0.05) is 54.1 Å². The van der Waals surface area contributed by atoms with E-state index in [0.717, 1.165) is 11.1 Å². The predicted molar refractivity (Wildman–Crippen MR) is 143 cm³/mol. The van der Waals surface area contributed by atoms with Gasteiger partial charge in [-0.2, -0.15) is 5.10 Å². The first-order valence-corrected chi connectivity index (χ1v) is 12.3. The monoisotopic (exact) mass is 523 g/mol. The molecular formula is C28H30ClN3O5. The fraction of sp³-hybridized carbons (Fsp3) is 0.250. The largest absolute Gasteiger partial charge is 0.490 e. The molecule has 0 saturated heterocycles. The number of carbonyl (C=O) groups is 2.